The minimum Gasteiger partial charge on any atom is -0.378 e. The van der Waals surface area contributed by atoms with Gasteiger partial charge in [0.05, 0.1) is 6.04 Å². The minimum absolute atomic E-state index is 0.124. The van der Waals surface area contributed by atoms with E-state index in [1.54, 1.807) is 6.92 Å². The first-order valence-corrected chi connectivity index (χ1v) is 9.73. The maximum Gasteiger partial charge on any atom is 0.224 e. The van der Waals surface area contributed by atoms with Crippen molar-refractivity contribution < 1.29 is 4.79 Å². The summed E-state index contributed by atoms with van der Waals surface area (Å²) in [5, 5.41) is 3.83. The lowest BCUT2D eigenvalue weighted by molar-refractivity contribution is -0.117. The zero-order valence-electron chi connectivity index (χ0n) is 16.5. The molecule has 0 aromatic heterocycles. The summed E-state index contributed by atoms with van der Waals surface area (Å²) in [6, 6.07) is 15.2. The van der Waals surface area contributed by atoms with Crippen molar-refractivity contribution in [1.29, 1.82) is 0 Å². The van der Waals surface area contributed by atoms with Gasteiger partial charge in [0.1, 0.15) is 0 Å². The Hall–Kier alpha value is -2.29. The molecule has 0 bridgehead atoms. The lowest BCUT2D eigenvalue weighted by Crippen LogP contribution is -2.49. The third-order valence-corrected chi connectivity index (χ3v) is 5.83. The summed E-state index contributed by atoms with van der Waals surface area (Å²) in [7, 11) is 0. The molecule has 138 valence electrons. The van der Waals surface area contributed by atoms with Crippen molar-refractivity contribution in [2.75, 3.05) is 10.2 Å². The number of aryl methyl sites for hydroxylation is 1. The summed E-state index contributed by atoms with van der Waals surface area (Å²) in [5.41, 5.74) is 6.17. The fourth-order valence-corrected chi connectivity index (χ4v) is 4.53. The SMILES string of the molecule is CCc1c(C)cccc1NC1c2ccccc2N(C(C)=O)C(CC)C1C. The molecule has 1 amide bonds. The Morgan fingerprint density at radius 3 is 2.50 bits per heavy atom. The highest BCUT2D eigenvalue weighted by Gasteiger charge is 2.39. The van der Waals surface area contributed by atoms with Crippen LogP contribution in [-0.2, 0) is 11.2 Å². The standard InChI is InChI=1S/C23H30N2O/c1-6-18-15(3)11-10-13-20(18)24-23-16(4)21(7-2)25(17(5)26)22-14-9-8-12-19(22)23/h8-14,16,21,23-24H,6-7H2,1-5H3. The van der Waals surface area contributed by atoms with Gasteiger partial charge in [-0.25, -0.2) is 0 Å². The van der Waals surface area contributed by atoms with Gasteiger partial charge in [0, 0.05) is 30.3 Å². The second-order valence-corrected chi connectivity index (χ2v) is 7.36. The van der Waals surface area contributed by atoms with Gasteiger partial charge in [0.15, 0.2) is 0 Å². The number of carbonyl (C=O) groups excluding carboxylic acids is 1. The average Bonchev–Trinajstić information content (AvgIpc) is 2.63. The number of nitrogens with one attached hydrogen (secondary N) is 1. The summed E-state index contributed by atoms with van der Waals surface area (Å²) in [6.45, 7) is 10.5. The number of anilines is 2. The number of benzene rings is 2. The summed E-state index contributed by atoms with van der Waals surface area (Å²) in [4.78, 5) is 14.4. The van der Waals surface area contributed by atoms with E-state index >= 15 is 0 Å². The third-order valence-electron chi connectivity index (χ3n) is 5.83. The first-order valence-electron chi connectivity index (χ1n) is 9.73. The normalized spacial score (nSPS) is 22.0. The van der Waals surface area contributed by atoms with Crippen LogP contribution >= 0.6 is 0 Å². The molecule has 0 saturated heterocycles. The van der Waals surface area contributed by atoms with Crippen LogP contribution in [0, 0.1) is 12.8 Å². The highest BCUT2D eigenvalue weighted by Crippen LogP contribution is 2.43. The zero-order chi connectivity index (χ0) is 18.8. The maximum atomic E-state index is 12.4. The van der Waals surface area contributed by atoms with Crippen molar-refractivity contribution in [1.82, 2.24) is 0 Å². The molecular weight excluding hydrogens is 320 g/mol. The summed E-state index contributed by atoms with van der Waals surface area (Å²) in [5.74, 6) is 0.448. The van der Waals surface area contributed by atoms with E-state index in [4.69, 9.17) is 0 Å². The quantitative estimate of drug-likeness (QED) is 0.790. The number of carbonyl (C=O) groups is 1. The molecule has 1 aliphatic heterocycles. The Labute approximate surface area is 157 Å². The molecule has 0 fully saturated rings. The summed E-state index contributed by atoms with van der Waals surface area (Å²) >= 11 is 0. The maximum absolute atomic E-state index is 12.4. The molecule has 1 heterocycles. The van der Waals surface area contributed by atoms with Crippen molar-refractivity contribution in [3.05, 3.63) is 59.2 Å². The van der Waals surface area contributed by atoms with Crippen LogP contribution in [0.1, 0.15) is 56.8 Å². The van der Waals surface area contributed by atoms with Crippen LogP contribution in [-0.4, -0.2) is 11.9 Å². The first kappa shape index (κ1) is 18.5. The molecule has 3 unspecified atom stereocenters. The Kier molecular flexibility index (Phi) is 5.36. The van der Waals surface area contributed by atoms with Crippen LogP contribution < -0.4 is 10.2 Å². The van der Waals surface area contributed by atoms with Gasteiger partial charge in [-0.2, -0.15) is 0 Å². The van der Waals surface area contributed by atoms with Crippen LogP contribution in [0.25, 0.3) is 0 Å². The van der Waals surface area contributed by atoms with E-state index in [0.717, 1.165) is 18.5 Å². The number of amides is 1. The van der Waals surface area contributed by atoms with Gasteiger partial charge in [-0.15, -0.1) is 0 Å². The van der Waals surface area contributed by atoms with Crippen LogP contribution in [0.15, 0.2) is 42.5 Å². The molecule has 2 aromatic rings. The predicted molar refractivity (Wildman–Crippen MR) is 110 cm³/mol. The average molecular weight is 351 g/mol. The summed E-state index contributed by atoms with van der Waals surface area (Å²) < 4.78 is 0. The van der Waals surface area contributed by atoms with Crippen molar-refractivity contribution in [3.63, 3.8) is 0 Å². The molecule has 3 rings (SSSR count). The van der Waals surface area contributed by atoms with E-state index in [1.165, 1.54) is 22.4 Å². The third kappa shape index (κ3) is 3.11. The molecule has 0 saturated carbocycles. The van der Waals surface area contributed by atoms with Gasteiger partial charge in [-0.3, -0.25) is 4.79 Å². The Bertz CT molecular complexity index is 799. The Balaban J connectivity index is 2.08. The van der Waals surface area contributed by atoms with E-state index in [0.29, 0.717) is 5.92 Å². The number of hydrogen-bond acceptors (Lipinski definition) is 2. The van der Waals surface area contributed by atoms with Crippen molar-refractivity contribution in [3.8, 4) is 0 Å². The second kappa shape index (κ2) is 7.53. The Morgan fingerprint density at radius 1 is 1.12 bits per heavy atom. The highest BCUT2D eigenvalue weighted by atomic mass is 16.2. The predicted octanol–water partition coefficient (Wildman–Crippen LogP) is 5.49. The van der Waals surface area contributed by atoms with E-state index in [9.17, 15) is 4.79 Å². The molecule has 0 radical (unpaired) electrons. The number of para-hydroxylation sites is 1. The van der Waals surface area contributed by atoms with Crippen LogP contribution in [0.3, 0.4) is 0 Å². The minimum atomic E-state index is 0.124. The molecule has 0 spiro atoms. The zero-order valence-corrected chi connectivity index (χ0v) is 16.5. The molecule has 1 N–H and O–H groups in total. The van der Waals surface area contributed by atoms with Crippen molar-refractivity contribution in [2.45, 2.75) is 59.5 Å². The Morgan fingerprint density at radius 2 is 1.85 bits per heavy atom. The van der Waals surface area contributed by atoms with E-state index < -0.39 is 0 Å². The van der Waals surface area contributed by atoms with Crippen LogP contribution in [0.2, 0.25) is 0 Å². The van der Waals surface area contributed by atoms with Gasteiger partial charge in [-0.1, -0.05) is 51.1 Å². The smallest absolute Gasteiger partial charge is 0.224 e. The largest absolute Gasteiger partial charge is 0.378 e. The fraction of sp³-hybridized carbons (Fsp3) is 0.435. The number of nitrogens with zero attached hydrogens (tertiary/aromatic N) is 1. The van der Waals surface area contributed by atoms with E-state index in [1.807, 2.05) is 11.0 Å². The number of rotatable bonds is 4. The van der Waals surface area contributed by atoms with Crippen LogP contribution in [0.5, 0.6) is 0 Å². The fourth-order valence-electron chi connectivity index (χ4n) is 4.53. The molecule has 3 atom stereocenters. The lowest BCUT2D eigenvalue weighted by Gasteiger charge is -2.45. The molecule has 26 heavy (non-hydrogen) atoms. The summed E-state index contributed by atoms with van der Waals surface area (Å²) in [6.07, 6.45) is 1.95. The lowest BCUT2D eigenvalue weighted by atomic mass is 9.80. The number of hydrogen-bond donors (Lipinski definition) is 1. The van der Waals surface area contributed by atoms with Crippen molar-refractivity contribution >= 4 is 17.3 Å². The van der Waals surface area contributed by atoms with Crippen molar-refractivity contribution in [2.24, 2.45) is 5.92 Å². The first-order chi connectivity index (χ1) is 12.5. The second-order valence-electron chi connectivity index (χ2n) is 7.36. The molecule has 3 nitrogen and oxygen atoms in total. The molecule has 1 aliphatic rings. The molecular formula is C23H30N2O. The molecule has 0 aliphatic carbocycles. The molecule has 2 aromatic carbocycles. The number of fused-ring (bicyclic) bond motifs is 1. The topological polar surface area (TPSA) is 32.3 Å². The van der Waals surface area contributed by atoms with Gasteiger partial charge in [0.25, 0.3) is 0 Å². The molecule has 3 heteroatoms. The van der Waals surface area contributed by atoms with Gasteiger partial charge >= 0.3 is 0 Å². The highest BCUT2D eigenvalue weighted by molar-refractivity contribution is 5.94. The van der Waals surface area contributed by atoms with E-state index in [2.05, 4.69) is 69.4 Å². The van der Waals surface area contributed by atoms with Gasteiger partial charge in [-0.05, 0) is 48.6 Å². The van der Waals surface area contributed by atoms with Gasteiger partial charge < -0.3 is 10.2 Å². The van der Waals surface area contributed by atoms with E-state index in [-0.39, 0.29) is 18.0 Å². The van der Waals surface area contributed by atoms with Crippen LogP contribution in [0.4, 0.5) is 11.4 Å². The monoisotopic (exact) mass is 350 g/mol. The van der Waals surface area contributed by atoms with Gasteiger partial charge in [0.2, 0.25) is 5.91 Å².